The quantitative estimate of drug-likeness (QED) is 0.779. The summed E-state index contributed by atoms with van der Waals surface area (Å²) in [6.45, 7) is 7.97. The van der Waals surface area contributed by atoms with Gasteiger partial charge >= 0.3 is 5.97 Å². The van der Waals surface area contributed by atoms with Gasteiger partial charge in [-0.05, 0) is 33.3 Å². The second kappa shape index (κ2) is 7.90. The molecule has 0 aliphatic carbocycles. The predicted octanol–water partition coefficient (Wildman–Crippen LogP) is 3.08. The first-order valence-electron chi connectivity index (χ1n) is 7.09. The minimum absolute atomic E-state index is 0.00833. The lowest BCUT2D eigenvalue weighted by molar-refractivity contribution is -0.143. The SMILES string of the molecule is CCC(NC(C)c1ccccc1OC(C)C)C(=O)OC. The van der Waals surface area contributed by atoms with Crippen LogP contribution in [0.4, 0.5) is 0 Å². The minimum Gasteiger partial charge on any atom is -0.491 e. The Bertz CT molecular complexity index is 431. The van der Waals surface area contributed by atoms with Crippen molar-refractivity contribution in [3.05, 3.63) is 29.8 Å². The first-order chi connectivity index (χ1) is 9.49. The van der Waals surface area contributed by atoms with Gasteiger partial charge in [0.05, 0.1) is 13.2 Å². The van der Waals surface area contributed by atoms with Crippen LogP contribution in [0.3, 0.4) is 0 Å². The third-order valence-corrected chi connectivity index (χ3v) is 3.09. The molecule has 0 saturated carbocycles. The van der Waals surface area contributed by atoms with E-state index in [0.29, 0.717) is 6.42 Å². The molecule has 0 bridgehead atoms. The molecule has 0 aliphatic rings. The predicted molar refractivity (Wildman–Crippen MR) is 79.9 cm³/mol. The van der Waals surface area contributed by atoms with Crippen molar-refractivity contribution in [1.29, 1.82) is 0 Å². The number of methoxy groups -OCH3 is 1. The Morgan fingerprint density at radius 1 is 1.25 bits per heavy atom. The highest BCUT2D eigenvalue weighted by atomic mass is 16.5. The molecule has 0 aromatic heterocycles. The molecule has 0 amide bonds. The van der Waals surface area contributed by atoms with Crippen LogP contribution in [0.25, 0.3) is 0 Å². The van der Waals surface area contributed by atoms with Gasteiger partial charge in [-0.3, -0.25) is 10.1 Å². The first kappa shape index (κ1) is 16.5. The number of ether oxygens (including phenoxy) is 2. The summed E-state index contributed by atoms with van der Waals surface area (Å²) in [5, 5.41) is 3.29. The van der Waals surface area contributed by atoms with E-state index in [2.05, 4.69) is 5.32 Å². The van der Waals surface area contributed by atoms with Gasteiger partial charge in [0.25, 0.3) is 0 Å². The van der Waals surface area contributed by atoms with Gasteiger partial charge in [0, 0.05) is 11.6 Å². The Morgan fingerprint density at radius 3 is 2.45 bits per heavy atom. The molecule has 0 spiro atoms. The van der Waals surface area contributed by atoms with Crippen molar-refractivity contribution < 1.29 is 14.3 Å². The molecule has 0 radical (unpaired) electrons. The molecular formula is C16H25NO3. The number of benzene rings is 1. The number of carbonyl (C=O) groups is 1. The monoisotopic (exact) mass is 279 g/mol. The zero-order valence-corrected chi connectivity index (χ0v) is 13.0. The topological polar surface area (TPSA) is 47.6 Å². The number of esters is 1. The Balaban J connectivity index is 2.85. The number of rotatable bonds is 7. The Labute approximate surface area is 121 Å². The van der Waals surface area contributed by atoms with Crippen LogP contribution in [0.1, 0.15) is 45.7 Å². The van der Waals surface area contributed by atoms with E-state index in [4.69, 9.17) is 9.47 Å². The molecule has 1 N–H and O–H groups in total. The molecular weight excluding hydrogens is 254 g/mol. The fourth-order valence-corrected chi connectivity index (χ4v) is 2.09. The van der Waals surface area contributed by atoms with Gasteiger partial charge in [0.15, 0.2) is 0 Å². The Hall–Kier alpha value is -1.55. The highest BCUT2D eigenvalue weighted by Gasteiger charge is 2.21. The lowest BCUT2D eigenvalue weighted by atomic mass is 10.1. The molecule has 112 valence electrons. The van der Waals surface area contributed by atoms with Crippen LogP contribution in [0, 0.1) is 0 Å². The average molecular weight is 279 g/mol. The normalized spacial score (nSPS) is 13.9. The summed E-state index contributed by atoms with van der Waals surface area (Å²) in [7, 11) is 1.41. The second-order valence-corrected chi connectivity index (χ2v) is 5.08. The Morgan fingerprint density at radius 2 is 1.90 bits per heavy atom. The average Bonchev–Trinajstić information content (AvgIpc) is 2.43. The van der Waals surface area contributed by atoms with E-state index in [1.165, 1.54) is 7.11 Å². The minimum atomic E-state index is -0.304. The van der Waals surface area contributed by atoms with Gasteiger partial charge in [-0.15, -0.1) is 0 Å². The molecule has 2 unspecified atom stereocenters. The van der Waals surface area contributed by atoms with Crippen molar-refractivity contribution in [2.24, 2.45) is 0 Å². The molecule has 20 heavy (non-hydrogen) atoms. The Kier molecular flexibility index (Phi) is 6.52. The number of nitrogens with one attached hydrogen (secondary N) is 1. The van der Waals surface area contributed by atoms with Crippen LogP contribution in [0.15, 0.2) is 24.3 Å². The lowest BCUT2D eigenvalue weighted by Crippen LogP contribution is -2.38. The fourth-order valence-electron chi connectivity index (χ4n) is 2.09. The van der Waals surface area contributed by atoms with Gasteiger partial charge < -0.3 is 9.47 Å². The molecule has 0 heterocycles. The molecule has 0 fully saturated rings. The van der Waals surface area contributed by atoms with Crippen molar-refractivity contribution in [3.63, 3.8) is 0 Å². The van der Waals surface area contributed by atoms with Crippen LogP contribution < -0.4 is 10.1 Å². The van der Waals surface area contributed by atoms with Gasteiger partial charge in [0.1, 0.15) is 11.8 Å². The van der Waals surface area contributed by atoms with Crippen molar-refractivity contribution in [2.45, 2.75) is 52.3 Å². The van der Waals surface area contributed by atoms with E-state index in [1.54, 1.807) is 0 Å². The van der Waals surface area contributed by atoms with Crippen LogP contribution >= 0.6 is 0 Å². The summed E-state index contributed by atoms with van der Waals surface area (Å²) in [5.41, 5.74) is 1.04. The largest absolute Gasteiger partial charge is 0.491 e. The molecule has 1 aromatic carbocycles. The van der Waals surface area contributed by atoms with Crippen LogP contribution in [0.5, 0.6) is 5.75 Å². The highest BCUT2D eigenvalue weighted by molar-refractivity contribution is 5.75. The number of carbonyl (C=O) groups excluding carboxylic acids is 1. The summed E-state index contributed by atoms with van der Waals surface area (Å²) < 4.78 is 10.6. The zero-order chi connectivity index (χ0) is 15.1. The third kappa shape index (κ3) is 4.53. The van der Waals surface area contributed by atoms with Gasteiger partial charge in [-0.25, -0.2) is 0 Å². The van der Waals surface area contributed by atoms with Crippen LogP contribution in [-0.2, 0) is 9.53 Å². The smallest absolute Gasteiger partial charge is 0.322 e. The summed E-state index contributed by atoms with van der Waals surface area (Å²) in [4.78, 5) is 11.7. The number of para-hydroxylation sites is 1. The number of hydrogen-bond acceptors (Lipinski definition) is 4. The standard InChI is InChI=1S/C16H25NO3/c1-6-14(16(18)19-5)17-12(4)13-9-7-8-10-15(13)20-11(2)3/h7-12,14,17H,6H2,1-5H3. The van der Waals surface area contributed by atoms with E-state index in [-0.39, 0.29) is 24.2 Å². The van der Waals surface area contributed by atoms with Crippen LogP contribution in [-0.4, -0.2) is 25.2 Å². The lowest BCUT2D eigenvalue weighted by Gasteiger charge is -2.23. The highest BCUT2D eigenvalue weighted by Crippen LogP contribution is 2.26. The van der Waals surface area contributed by atoms with Crippen molar-refractivity contribution in [2.75, 3.05) is 7.11 Å². The maximum absolute atomic E-state index is 11.7. The van der Waals surface area contributed by atoms with E-state index in [0.717, 1.165) is 11.3 Å². The maximum atomic E-state index is 11.7. The van der Waals surface area contributed by atoms with E-state index >= 15 is 0 Å². The number of hydrogen-bond donors (Lipinski definition) is 1. The summed E-state index contributed by atoms with van der Waals surface area (Å²) in [6.07, 6.45) is 0.801. The molecule has 0 aliphatic heterocycles. The molecule has 0 saturated heterocycles. The molecule has 4 nitrogen and oxygen atoms in total. The molecule has 2 atom stereocenters. The summed E-state index contributed by atoms with van der Waals surface area (Å²) >= 11 is 0. The van der Waals surface area contributed by atoms with E-state index < -0.39 is 0 Å². The molecule has 4 heteroatoms. The van der Waals surface area contributed by atoms with Crippen molar-refractivity contribution >= 4 is 5.97 Å². The zero-order valence-electron chi connectivity index (χ0n) is 13.0. The van der Waals surface area contributed by atoms with E-state index in [9.17, 15) is 4.79 Å². The molecule has 1 rings (SSSR count). The summed E-state index contributed by atoms with van der Waals surface area (Å²) in [6, 6.07) is 7.59. The fraction of sp³-hybridized carbons (Fsp3) is 0.562. The van der Waals surface area contributed by atoms with E-state index in [1.807, 2.05) is 52.0 Å². The van der Waals surface area contributed by atoms with Gasteiger partial charge in [-0.1, -0.05) is 25.1 Å². The first-order valence-corrected chi connectivity index (χ1v) is 7.09. The van der Waals surface area contributed by atoms with Gasteiger partial charge in [0.2, 0.25) is 0 Å². The van der Waals surface area contributed by atoms with Crippen molar-refractivity contribution in [1.82, 2.24) is 5.32 Å². The second-order valence-electron chi connectivity index (χ2n) is 5.08. The summed E-state index contributed by atoms with van der Waals surface area (Å²) in [5.74, 6) is 0.615. The van der Waals surface area contributed by atoms with Gasteiger partial charge in [-0.2, -0.15) is 0 Å². The van der Waals surface area contributed by atoms with Crippen molar-refractivity contribution in [3.8, 4) is 5.75 Å². The van der Waals surface area contributed by atoms with Crippen LogP contribution in [0.2, 0.25) is 0 Å². The third-order valence-electron chi connectivity index (χ3n) is 3.09. The molecule has 1 aromatic rings. The maximum Gasteiger partial charge on any atom is 0.322 e.